The monoisotopic (exact) mass is 605 g/mol. The van der Waals surface area contributed by atoms with Crippen molar-refractivity contribution in [1.29, 1.82) is 0 Å². The lowest BCUT2D eigenvalue weighted by molar-refractivity contribution is 0.651. The topological polar surface area (TPSA) is 46.6 Å². The SMILES string of the molecule is O=c1c2cc(-c3ccccc3)c(-c3ccccc3)cc2oc2cc3oc4cc(N(c5ccccc5)c5ccccc5)ccc4c3cc12. The van der Waals surface area contributed by atoms with Gasteiger partial charge in [-0.15, -0.1) is 0 Å². The molecule has 0 aliphatic carbocycles. The fourth-order valence-corrected chi connectivity index (χ4v) is 6.61. The van der Waals surface area contributed by atoms with E-state index in [0.717, 1.165) is 55.7 Å². The number of rotatable bonds is 5. The van der Waals surface area contributed by atoms with Gasteiger partial charge in [0.1, 0.15) is 22.3 Å². The van der Waals surface area contributed by atoms with Crippen molar-refractivity contribution in [2.75, 3.05) is 4.90 Å². The van der Waals surface area contributed by atoms with Gasteiger partial charge in [-0.2, -0.15) is 0 Å². The van der Waals surface area contributed by atoms with Crippen LogP contribution in [0.5, 0.6) is 0 Å². The van der Waals surface area contributed by atoms with Crippen LogP contribution in [0.4, 0.5) is 17.1 Å². The molecule has 0 amide bonds. The average molecular weight is 606 g/mol. The molecule has 222 valence electrons. The third kappa shape index (κ3) is 4.58. The molecule has 0 saturated heterocycles. The number of fused-ring (bicyclic) bond motifs is 5. The standard InChI is InChI=1S/C43H27NO3/c45-43-37-24-34(28-13-5-1-6-14-28)35(29-15-7-2-8-16-29)26-40(37)47-42-27-41-36(25-38(42)43)33-22-21-32(23-39(33)46-41)44(30-17-9-3-10-18-30)31-19-11-4-12-20-31/h1-27H. The van der Waals surface area contributed by atoms with Crippen molar-refractivity contribution in [2.24, 2.45) is 0 Å². The number of anilines is 3. The van der Waals surface area contributed by atoms with Crippen LogP contribution in [-0.2, 0) is 0 Å². The molecule has 2 aromatic heterocycles. The molecule has 9 rings (SSSR count). The van der Waals surface area contributed by atoms with Gasteiger partial charge in [-0.25, -0.2) is 0 Å². The number of furan rings is 1. The molecule has 9 aromatic rings. The summed E-state index contributed by atoms with van der Waals surface area (Å²) < 4.78 is 12.9. The van der Waals surface area contributed by atoms with Crippen LogP contribution in [0.1, 0.15) is 0 Å². The molecule has 4 nitrogen and oxygen atoms in total. The van der Waals surface area contributed by atoms with Crippen LogP contribution in [0.15, 0.2) is 177 Å². The molecule has 0 radical (unpaired) electrons. The molecule has 0 unspecified atom stereocenters. The zero-order chi connectivity index (χ0) is 31.3. The number of hydrogen-bond donors (Lipinski definition) is 0. The quantitative estimate of drug-likeness (QED) is 0.183. The molecule has 0 atom stereocenters. The van der Waals surface area contributed by atoms with Crippen molar-refractivity contribution in [3.63, 3.8) is 0 Å². The van der Waals surface area contributed by atoms with Gasteiger partial charge in [0, 0.05) is 40.0 Å². The molecule has 0 aliphatic rings. The molecule has 0 bridgehead atoms. The van der Waals surface area contributed by atoms with Gasteiger partial charge in [-0.05, 0) is 76.9 Å². The lowest BCUT2D eigenvalue weighted by Gasteiger charge is -2.25. The maximum atomic E-state index is 14.2. The molecule has 0 aliphatic heterocycles. The number of benzene rings is 7. The number of para-hydroxylation sites is 2. The van der Waals surface area contributed by atoms with E-state index in [1.165, 1.54) is 0 Å². The van der Waals surface area contributed by atoms with Crippen LogP contribution in [0.2, 0.25) is 0 Å². The molecule has 2 heterocycles. The Labute approximate surface area is 270 Å². The third-order valence-electron chi connectivity index (χ3n) is 8.84. The van der Waals surface area contributed by atoms with Crippen LogP contribution in [0, 0.1) is 0 Å². The van der Waals surface area contributed by atoms with Crippen molar-refractivity contribution in [3.05, 3.63) is 174 Å². The maximum Gasteiger partial charge on any atom is 0.200 e. The first-order valence-electron chi connectivity index (χ1n) is 15.6. The Morgan fingerprint density at radius 1 is 0.362 bits per heavy atom. The fraction of sp³-hybridized carbons (Fsp3) is 0. The summed E-state index contributed by atoms with van der Waals surface area (Å²) in [6.45, 7) is 0. The van der Waals surface area contributed by atoms with Gasteiger partial charge in [0.25, 0.3) is 0 Å². The van der Waals surface area contributed by atoms with Crippen molar-refractivity contribution in [2.45, 2.75) is 0 Å². The Morgan fingerprint density at radius 2 is 0.830 bits per heavy atom. The minimum absolute atomic E-state index is 0.0646. The zero-order valence-electron chi connectivity index (χ0n) is 25.3. The maximum absolute atomic E-state index is 14.2. The summed E-state index contributed by atoms with van der Waals surface area (Å²) in [7, 11) is 0. The van der Waals surface area contributed by atoms with Crippen LogP contribution in [-0.4, -0.2) is 0 Å². The first-order chi connectivity index (χ1) is 23.2. The van der Waals surface area contributed by atoms with E-state index in [-0.39, 0.29) is 5.43 Å². The van der Waals surface area contributed by atoms with Crippen LogP contribution < -0.4 is 10.3 Å². The van der Waals surface area contributed by atoms with E-state index >= 15 is 0 Å². The molecule has 0 saturated carbocycles. The molecule has 4 heteroatoms. The highest BCUT2D eigenvalue weighted by molar-refractivity contribution is 6.11. The second-order valence-corrected chi connectivity index (χ2v) is 11.7. The molecule has 47 heavy (non-hydrogen) atoms. The summed E-state index contributed by atoms with van der Waals surface area (Å²) in [6, 6.07) is 54.9. The normalized spacial score (nSPS) is 11.5. The molecule has 7 aromatic carbocycles. The van der Waals surface area contributed by atoms with Gasteiger partial charge < -0.3 is 13.7 Å². The fourth-order valence-electron chi connectivity index (χ4n) is 6.61. The van der Waals surface area contributed by atoms with E-state index < -0.39 is 0 Å². The first kappa shape index (κ1) is 27.0. The summed E-state index contributed by atoms with van der Waals surface area (Å²) in [5, 5.41) is 2.89. The Balaban J connectivity index is 1.24. The van der Waals surface area contributed by atoms with Gasteiger partial charge in [0.15, 0.2) is 0 Å². The smallest absolute Gasteiger partial charge is 0.200 e. The van der Waals surface area contributed by atoms with Crippen LogP contribution in [0.3, 0.4) is 0 Å². The van der Waals surface area contributed by atoms with E-state index in [2.05, 4.69) is 71.6 Å². The molecular weight excluding hydrogens is 578 g/mol. The van der Waals surface area contributed by atoms with Gasteiger partial charge in [-0.1, -0.05) is 97.1 Å². The van der Waals surface area contributed by atoms with Crippen molar-refractivity contribution in [3.8, 4) is 22.3 Å². The molecule has 0 fully saturated rings. The van der Waals surface area contributed by atoms with Crippen LogP contribution in [0.25, 0.3) is 66.1 Å². The van der Waals surface area contributed by atoms with Gasteiger partial charge >= 0.3 is 0 Å². The Bertz CT molecular complexity index is 2590. The van der Waals surface area contributed by atoms with E-state index in [1.807, 2.05) is 97.1 Å². The predicted octanol–water partition coefficient (Wildman–Crippen LogP) is 11.6. The van der Waals surface area contributed by atoms with Crippen molar-refractivity contribution >= 4 is 60.9 Å². The zero-order valence-corrected chi connectivity index (χ0v) is 25.3. The van der Waals surface area contributed by atoms with Gasteiger partial charge in [0.05, 0.1) is 10.8 Å². The highest BCUT2D eigenvalue weighted by Gasteiger charge is 2.19. The minimum atomic E-state index is -0.0646. The summed E-state index contributed by atoms with van der Waals surface area (Å²) in [4.78, 5) is 16.4. The second kappa shape index (κ2) is 10.9. The summed E-state index contributed by atoms with van der Waals surface area (Å²) in [5.41, 5.74) is 9.53. The Morgan fingerprint density at radius 3 is 1.43 bits per heavy atom. The number of nitrogens with zero attached hydrogens (tertiary/aromatic N) is 1. The van der Waals surface area contributed by atoms with E-state index in [0.29, 0.717) is 27.5 Å². The van der Waals surface area contributed by atoms with Crippen LogP contribution >= 0.6 is 0 Å². The lowest BCUT2D eigenvalue weighted by Crippen LogP contribution is -2.09. The Kier molecular flexibility index (Phi) is 6.25. The molecular formula is C43H27NO3. The highest BCUT2D eigenvalue weighted by Crippen LogP contribution is 2.40. The lowest BCUT2D eigenvalue weighted by atomic mass is 9.92. The van der Waals surface area contributed by atoms with E-state index in [9.17, 15) is 4.79 Å². The van der Waals surface area contributed by atoms with Crippen molar-refractivity contribution in [1.82, 2.24) is 0 Å². The minimum Gasteiger partial charge on any atom is -0.456 e. The van der Waals surface area contributed by atoms with Gasteiger partial charge in [0.2, 0.25) is 5.43 Å². The summed E-state index contributed by atoms with van der Waals surface area (Å²) in [6.07, 6.45) is 0. The Hall–Kier alpha value is -6.39. The van der Waals surface area contributed by atoms with Crippen molar-refractivity contribution < 1.29 is 8.83 Å². The second-order valence-electron chi connectivity index (χ2n) is 11.7. The predicted molar refractivity (Wildman–Crippen MR) is 193 cm³/mol. The summed E-state index contributed by atoms with van der Waals surface area (Å²) in [5.74, 6) is 0. The first-order valence-corrected chi connectivity index (χ1v) is 15.6. The van der Waals surface area contributed by atoms with E-state index in [4.69, 9.17) is 8.83 Å². The van der Waals surface area contributed by atoms with Gasteiger partial charge in [-0.3, -0.25) is 4.79 Å². The molecule has 0 N–H and O–H groups in total. The average Bonchev–Trinajstić information content (AvgIpc) is 3.49. The summed E-state index contributed by atoms with van der Waals surface area (Å²) >= 11 is 0. The number of hydrogen-bond acceptors (Lipinski definition) is 4. The molecule has 0 spiro atoms. The third-order valence-corrected chi connectivity index (χ3v) is 8.84. The highest BCUT2D eigenvalue weighted by atomic mass is 16.3. The van der Waals surface area contributed by atoms with E-state index in [1.54, 1.807) is 0 Å². The largest absolute Gasteiger partial charge is 0.456 e.